The lowest BCUT2D eigenvalue weighted by atomic mass is 9.51. The van der Waals surface area contributed by atoms with Gasteiger partial charge in [-0.05, 0) is 91.0 Å². The number of amides is 1. The maximum absolute atomic E-state index is 13.4. The van der Waals surface area contributed by atoms with Crippen LogP contribution in [0.4, 0.5) is 0 Å². The van der Waals surface area contributed by atoms with Crippen LogP contribution in [0.3, 0.4) is 0 Å². The fraction of sp³-hybridized carbons (Fsp3) is 0.737. The van der Waals surface area contributed by atoms with E-state index in [1.54, 1.807) is 11.3 Å². The molecule has 0 aromatic carbocycles. The topological polar surface area (TPSA) is 20.3 Å². The molecule has 6 rings (SSSR count). The molecular formula is C19H25NOS. The maximum atomic E-state index is 13.4. The van der Waals surface area contributed by atoms with E-state index in [0.717, 1.165) is 18.4 Å². The molecule has 0 unspecified atom stereocenters. The lowest BCUT2D eigenvalue weighted by molar-refractivity contribution is -0.150. The third-order valence-corrected chi connectivity index (χ3v) is 7.45. The van der Waals surface area contributed by atoms with Gasteiger partial charge in [-0.3, -0.25) is 4.79 Å². The average molecular weight is 315 g/mol. The lowest BCUT2D eigenvalue weighted by Crippen LogP contribution is -2.52. The summed E-state index contributed by atoms with van der Waals surface area (Å²) in [5.74, 6) is 4.23. The van der Waals surface area contributed by atoms with E-state index in [2.05, 4.69) is 21.7 Å². The van der Waals surface area contributed by atoms with Gasteiger partial charge in [-0.25, -0.2) is 0 Å². The second kappa shape index (κ2) is 5.09. The van der Waals surface area contributed by atoms with Crippen molar-refractivity contribution in [2.24, 2.45) is 29.6 Å². The third-order valence-electron chi connectivity index (χ3n) is 6.72. The molecule has 0 spiro atoms. The smallest absolute Gasteiger partial charge is 0.226 e. The molecule has 1 amide bonds. The van der Waals surface area contributed by atoms with Gasteiger partial charge in [0.2, 0.25) is 5.91 Å². The zero-order valence-corrected chi connectivity index (χ0v) is 13.9. The fourth-order valence-electron chi connectivity index (χ4n) is 5.87. The molecular weight excluding hydrogens is 290 g/mol. The first-order valence-corrected chi connectivity index (χ1v) is 10.0. The summed E-state index contributed by atoms with van der Waals surface area (Å²) >= 11 is 1.75. The molecule has 0 saturated heterocycles. The molecule has 118 valence electrons. The van der Waals surface area contributed by atoms with Crippen LogP contribution in [0.1, 0.15) is 50.5 Å². The zero-order chi connectivity index (χ0) is 14.7. The molecule has 1 heterocycles. The molecule has 0 radical (unpaired) electrons. The van der Waals surface area contributed by atoms with Crippen LogP contribution in [-0.4, -0.2) is 16.8 Å². The van der Waals surface area contributed by atoms with Crippen molar-refractivity contribution in [1.29, 1.82) is 0 Å². The minimum Gasteiger partial charge on any atom is -0.335 e. The predicted octanol–water partition coefficient (Wildman–Crippen LogP) is 4.31. The molecule has 0 aliphatic heterocycles. The molecule has 0 atom stereocenters. The van der Waals surface area contributed by atoms with Crippen LogP contribution in [0.2, 0.25) is 0 Å². The van der Waals surface area contributed by atoms with Crippen molar-refractivity contribution in [3.05, 3.63) is 22.4 Å². The Labute approximate surface area is 136 Å². The molecule has 5 saturated carbocycles. The van der Waals surface area contributed by atoms with E-state index in [1.807, 2.05) is 0 Å². The molecule has 1 aromatic rings. The van der Waals surface area contributed by atoms with Crippen molar-refractivity contribution < 1.29 is 4.79 Å². The van der Waals surface area contributed by atoms with Gasteiger partial charge in [0, 0.05) is 18.5 Å². The van der Waals surface area contributed by atoms with Crippen molar-refractivity contribution in [2.45, 2.75) is 57.5 Å². The number of thiophene rings is 1. The Balaban J connectivity index is 1.38. The molecule has 4 bridgehead atoms. The summed E-state index contributed by atoms with van der Waals surface area (Å²) in [5.41, 5.74) is 1.33. The summed E-state index contributed by atoms with van der Waals surface area (Å²) in [4.78, 5) is 15.6. The van der Waals surface area contributed by atoms with Gasteiger partial charge < -0.3 is 4.90 Å². The van der Waals surface area contributed by atoms with Gasteiger partial charge in [-0.1, -0.05) is 0 Å². The number of carbonyl (C=O) groups is 1. The molecule has 5 fully saturated rings. The van der Waals surface area contributed by atoms with E-state index in [9.17, 15) is 4.79 Å². The molecule has 1 aromatic heterocycles. The van der Waals surface area contributed by atoms with Gasteiger partial charge in [0.1, 0.15) is 0 Å². The average Bonchev–Trinajstić information content (AvgIpc) is 3.20. The highest BCUT2D eigenvalue weighted by Gasteiger charge is 2.52. The third kappa shape index (κ3) is 2.24. The Bertz CT molecular complexity index is 534. The van der Waals surface area contributed by atoms with E-state index >= 15 is 0 Å². The second-order valence-electron chi connectivity index (χ2n) is 8.29. The molecule has 22 heavy (non-hydrogen) atoms. The Morgan fingerprint density at radius 3 is 2.32 bits per heavy atom. The number of hydrogen-bond acceptors (Lipinski definition) is 2. The predicted molar refractivity (Wildman–Crippen MR) is 88.4 cm³/mol. The summed E-state index contributed by atoms with van der Waals surface area (Å²) in [5, 5.41) is 4.34. The number of rotatable bonds is 4. The SMILES string of the molecule is O=C(C1C2CC3CC(C2)CC1C3)N(Cc1ccsc1)C1CC1. The quantitative estimate of drug-likeness (QED) is 0.810. The zero-order valence-electron chi connectivity index (χ0n) is 13.1. The number of hydrogen-bond donors (Lipinski definition) is 0. The van der Waals surface area contributed by atoms with Crippen molar-refractivity contribution in [3.8, 4) is 0 Å². The Morgan fingerprint density at radius 1 is 1.09 bits per heavy atom. The minimum absolute atomic E-state index is 0.368. The van der Waals surface area contributed by atoms with Gasteiger partial charge in [0.05, 0.1) is 0 Å². The fourth-order valence-corrected chi connectivity index (χ4v) is 6.53. The van der Waals surface area contributed by atoms with Crippen molar-refractivity contribution in [2.75, 3.05) is 0 Å². The van der Waals surface area contributed by atoms with Crippen LogP contribution < -0.4 is 0 Å². The summed E-state index contributed by atoms with van der Waals surface area (Å²) < 4.78 is 0. The molecule has 2 nitrogen and oxygen atoms in total. The van der Waals surface area contributed by atoms with Crippen LogP contribution in [0.5, 0.6) is 0 Å². The van der Waals surface area contributed by atoms with Gasteiger partial charge in [0.15, 0.2) is 0 Å². The van der Waals surface area contributed by atoms with Crippen molar-refractivity contribution in [3.63, 3.8) is 0 Å². The van der Waals surface area contributed by atoms with Gasteiger partial charge in [-0.2, -0.15) is 11.3 Å². The van der Waals surface area contributed by atoms with E-state index in [4.69, 9.17) is 0 Å². The van der Waals surface area contributed by atoms with Crippen LogP contribution in [-0.2, 0) is 11.3 Å². The number of carbonyl (C=O) groups excluding carboxylic acids is 1. The van der Waals surface area contributed by atoms with E-state index in [0.29, 0.717) is 29.7 Å². The van der Waals surface area contributed by atoms with E-state index in [1.165, 1.54) is 50.5 Å². The Morgan fingerprint density at radius 2 is 1.77 bits per heavy atom. The van der Waals surface area contributed by atoms with Crippen molar-refractivity contribution >= 4 is 17.2 Å². The molecule has 5 aliphatic carbocycles. The highest BCUT2D eigenvalue weighted by Crippen LogP contribution is 2.57. The first-order valence-electron chi connectivity index (χ1n) is 9.09. The van der Waals surface area contributed by atoms with Crippen LogP contribution in [0, 0.1) is 29.6 Å². The van der Waals surface area contributed by atoms with Gasteiger partial charge >= 0.3 is 0 Å². The molecule has 0 N–H and O–H groups in total. The van der Waals surface area contributed by atoms with Crippen LogP contribution >= 0.6 is 11.3 Å². The van der Waals surface area contributed by atoms with Crippen LogP contribution in [0.15, 0.2) is 16.8 Å². The van der Waals surface area contributed by atoms with Gasteiger partial charge in [0.25, 0.3) is 0 Å². The maximum Gasteiger partial charge on any atom is 0.226 e. The second-order valence-corrected chi connectivity index (χ2v) is 9.07. The minimum atomic E-state index is 0.368. The summed E-state index contributed by atoms with van der Waals surface area (Å²) in [6.45, 7) is 0.857. The number of nitrogens with zero attached hydrogens (tertiary/aromatic N) is 1. The lowest BCUT2D eigenvalue weighted by Gasteiger charge is -2.54. The van der Waals surface area contributed by atoms with Crippen molar-refractivity contribution in [1.82, 2.24) is 4.90 Å². The highest BCUT2D eigenvalue weighted by atomic mass is 32.1. The van der Waals surface area contributed by atoms with E-state index < -0.39 is 0 Å². The Kier molecular flexibility index (Phi) is 3.14. The first kappa shape index (κ1) is 13.6. The highest BCUT2D eigenvalue weighted by molar-refractivity contribution is 7.07. The standard InChI is InChI=1S/C19H25NOS/c21-19(20(17-1-2-17)10-12-3-4-22-11-12)18-15-6-13-5-14(8-15)9-16(18)7-13/h3-4,11,13-18H,1-2,5-10H2. The largest absolute Gasteiger partial charge is 0.335 e. The van der Waals surface area contributed by atoms with Crippen LogP contribution in [0.25, 0.3) is 0 Å². The normalized spacial score (nSPS) is 39.2. The molecule has 5 aliphatic rings. The summed E-state index contributed by atoms with van der Waals surface area (Å²) in [6.07, 6.45) is 9.31. The van der Waals surface area contributed by atoms with E-state index in [-0.39, 0.29) is 0 Å². The Hall–Kier alpha value is -0.830. The van der Waals surface area contributed by atoms with Gasteiger partial charge in [-0.15, -0.1) is 0 Å². The summed E-state index contributed by atoms with van der Waals surface area (Å²) in [6, 6.07) is 2.73. The monoisotopic (exact) mass is 315 g/mol. The molecule has 3 heteroatoms. The summed E-state index contributed by atoms with van der Waals surface area (Å²) in [7, 11) is 0. The first-order chi connectivity index (χ1) is 10.8.